The number of thiol groups is 1. The zero-order valence-corrected chi connectivity index (χ0v) is 7.19. The Labute approximate surface area is 72.9 Å². The number of fused-ring (bicyclic) bond motifs is 1. The van der Waals surface area contributed by atoms with E-state index in [9.17, 15) is 0 Å². The second-order valence-electron chi connectivity index (χ2n) is 2.15. The number of phenolic OH excluding ortho intramolecular Hbond substituents is 1. The Morgan fingerprint density at radius 2 is 2.27 bits per heavy atom. The molecule has 2 rings (SSSR count). The summed E-state index contributed by atoms with van der Waals surface area (Å²) in [5.74, 6) is 0.246. The Morgan fingerprint density at radius 1 is 1.45 bits per heavy atom. The summed E-state index contributed by atoms with van der Waals surface area (Å²) >= 11 is 5.61. The van der Waals surface area contributed by atoms with Crippen LogP contribution in [0.25, 0.3) is 10.2 Å². The Bertz CT molecular complexity index is 396. The number of thiazole rings is 1. The number of aromatic hydroxyl groups is 1. The average molecular weight is 183 g/mol. The third-order valence-corrected chi connectivity index (χ3v) is 2.57. The van der Waals surface area contributed by atoms with Crippen LogP contribution in [0.2, 0.25) is 0 Å². The maximum Gasteiger partial charge on any atom is 0.148 e. The predicted molar refractivity (Wildman–Crippen MR) is 48.5 cm³/mol. The molecule has 0 aliphatic carbocycles. The van der Waals surface area contributed by atoms with Crippen LogP contribution in [0.4, 0.5) is 0 Å². The summed E-state index contributed by atoms with van der Waals surface area (Å²) in [5.41, 5.74) is 0.806. The Balaban J connectivity index is 2.82. The summed E-state index contributed by atoms with van der Waals surface area (Å²) in [7, 11) is 0. The van der Waals surface area contributed by atoms with E-state index < -0.39 is 0 Å². The van der Waals surface area contributed by atoms with E-state index in [2.05, 4.69) is 17.6 Å². The highest BCUT2D eigenvalue weighted by Crippen LogP contribution is 2.26. The highest BCUT2D eigenvalue weighted by atomic mass is 32.2. The van der Waals surface area contributed by atoms with Crippen LogP contribution in [0.15, 0.2) is 22.5 Å². The quantitative estimate of drug-likeness (QED) is 0.614. The molecule has 0 bridgehead atoms. The van der Waals surface area contributed by atoms with Gasteiger partial charge in [-0.15, -0.1) is 24.0 Å². The van der Waals surface area contributed by atoms with E-state index in [1.54, 1.807) is 12.1 Å². The molecule has 1 aromatic heterocycles. The van der Waals surface area contributed by atoms with Crippen LogP contribution in [0.3, 0.4) is 0 Å². The van der Waals surface area contributed by atoms with Crippen LogP contribution in [0.1, 0.15) is 0 Å². The summed E-state index contributed by atoms with van der Waals surface area (Å²) in [6.07, 6.45) is 0. The van der Waals surface area contributed by atoms with Crippen LogP contribution < -0.4 is 0 Å². The van der Waals surface area contributed by atoms with Gasteiger partial charge < -0.3 is 5.11 Å². The molecular weight excluding hydrogens is 178 g/mol. The standard InChI is InChI=1S/C7H5NOS2/c9-4-1-2-6-5(3-4)8-7(10)11-6/h1-3,9H,(H,8,10). The lowest BCUT2D eigenvalue weighted by Gasteiger charge is -1.87. The van der Waals surface area contributed by atoms with Gasteiger partial charge in [-0.05, 0) is 12.1 Å². The molecule has 4 heteroatoms. The van der Waals surface area contributed by atoms with Gasteiger partial charge in [0.2, 0.25) is 0 Å². The highest BCUT2D eigenvalue weighted by Gasteiger charge is 1.99. The Hall–Kier alpha value is -0.740. The molecule has 0 amide bonds. The van der Waals surface area contributed by atoms with Gasteiger partial charge in [-0.25, -0.2) is 4.98 Å². The van der Waals surface area contributed by atoms with Gasteiger partial charge in [0.25, 0.3) is 0 Å². The largest absolute Gasteiger partial charge is 0.508 e. The average Bonchev–Trinajstić information content (AvgIpc) is 2.27. The van der Waals surface area contributed by atoms with Crippen molar-refractivity contribution in [1.29, 1.82) is 0 Å². The van der Waals surface area contributed by atoms with Gasteiger partial charge in [0.1, 0.15) is 10.1 Å². The van der Waals surface area contributed by atoms with Crippen molar-refractivity contribution < 1.29 is 5.11 Å². The molecule has 2 nitrogen and oxygen atoms in total. The molecule has 0 unspecified atom stereocenters. The third kappa shape index (κ3) is 1.19. The lowest BCUT2D eigenvalue weighted by Crippen LogP contribution is -1.66. The number of hydrogen-bond acceptors (Lipinski definition) is 4. The van der Waals surface area contributed by atoms with Crippen LogP contribution in [0, 0.1) is 0 Å². The number of benzene rings is 1. The van der Waals surface area contributed by atoms with Gasteiger partial charge in [-0.3, -0.25) is 0 Å². The molecule has 0 saturated carbocycles. The smallest absolute Gasteiger partial charge is 0.148 e. The first-order valence-corrected chi connectivity index (χ1v) is 4.30. The molecule has 0 fully saturated rings. The van der Waals surface area contributed by atoms with Gasteiger partial charge >= 0.3 is 0 Å². The molecule has 56 valence electrons. The number of nitrogens with zero attached hydrogens (tertiary/aromatic N) is 1. The minimum atomic E-state index is 0.246. The fourth-order valence-corrected chi connectivity index (χ4v) is 1.99. The summed E-state index contributed by atoms with van der Waals surface area (Å²) < 4.78 is 1.78. The number of hydrogen-bond donors (Lipinski definition) is 2. The highest BCUT2D eigenvalue weighted by molar-refractivity contribution is 7.82. The van der Waals surface area contributed by atoms with E-state index in [0.29, 0.717) is 0 Å². The first-order chi connectivity index (χ1) is 5.25. The van der Waals surface area contributed by atoms with Crippen molar-refractivity contribution in [3.05, 3.63) is 18.2 Å². The second-order valence-corrected chi connectivity index (χ2v) is 3.91. The number of phenols is 1. The molecular formula is C7H5NOS2. The lowest BCUT2D eigenvalue weighted by atomic mass is 10.3. The molecule has 11 heavy (non-hydrogen) atoms. The molecule has 1 aromatic carbocycles. The maximum atomic E-state index is 9.08. The summed E-state index contributed by atoms with van der Waals surface area (Å²) in [6, 6.07) is 5.11. The van der Waals surface area contributed by atoms with Crippen molar-refractivity contribution in [2.24, 2.45) is 0 Å². The molecule has 0 saturated heterocycles. The van der Waals surface area contributed by atoms with Gasteiger partial charge in [0.05, 0.1) is 10.2 Å². The van der Waals surface area contributed by atoms with Crippen molar-refractivity contribution >= 4 is 34.2 Å². The van der Waals surface area contributed by atoms with E-state index in [0.717, 1.165) is 14.6 Å². The predicted octanol–water partition coefficient (Wildman–Crippen LogP) is 2.29. The van der Waals surface area contributed by atoms with Crippen molar-refractivity contribution in [1.82, 2.24) is 4.98 Å². The van der Waals surface area contributed by atoms with Crippen LogP contribution >= 0.6 is 24.0 Å². The van der Waals surface area contributed by atoms with E-state index in [-0.39, 0.29) is 5.75 Å². The van der Waals surface area contributed by atoms with Crippen molar-refractivity contribution in [2.45, 2.75) is 4.34 Å². The van der Waals surface area contributed by atoms with Crippen molar-refractivity contribution in [3.63, 3.8) is 0 Å². The molecule has 1 N–H and O–H groups in total. The van der Waals surface area contributed by atoms with E-state index in [1.165, 1.54) is 11.3 Å². The fourth-order valence-electron chi connectivity index (χ4n) is 0.904. The molecule has 0 atom stereocenters. The van der Waals surface area contributed by atoms with Gasteiger partial charge in [0.15, 0.2) is 0 Å². The first-order valence-electron chi connectivity index (χ1n) is 3.04. The van der Waals surface area contributed by atoms with Crippen molar-refractivity contribution in [2.75, 3.05) is 0 Å². The van der Waals surface area contributed by atoms with Gasteiger partial charge in [-0.2, -0.15) is 0 Å². The zero-order chi connectivity index (χ0) is 7.84. The minimum absolute atomic E-state index is 0.246. The minimum Gasteiger partial charge on any atom is -0.508 e. The lowest BCUT2D eigenvalue weighted by molar-refractivity contribution is 0.476. The number of aromatic nitrogens is 1. The van der Waals surface area contributed by atoms with Crippen LogP contribution in [-0.4, -0.2) is 10.1 Å². The monoisotopic (exact) mass is 183 g/mol. The summed E-state index contributed by atoms with van der Waals surface area (Å²) in [4.78, 5) is 4.10. The Kier molecular flexibility index (Phi) is 1.51. The van der Waals surface area contributed by atoms with E-state index >= 15 is 0 Å². The molecule has 1 heterocycles. The third-order valence-electron chi connectivity index (χ3n) is 1.36. The van der Waals surface area contributed by atoms with Crippen LogP contribution in [0.5, 0.6) is 5.75 Å². The molecule has 0 aliphatic rings. The SMILES string of the molecule is Oc1ccc2sc(S)nc2c1. The Morgan fingerprint density at radius 3 is 3.09 bits per heavy atom. The first kappa shape index (κ1) is 6.94. The van der Waals surface area contributed by atoms with Gasteiger partial charge in [0, 0.05) is 6.07 Å². The maximum absolute atomic E-state index is 9.08. The molecule has 0 aliphatic heterocycles. The topological polar surface area (TPSA) is 33.1 Å². The molecule has 0 radical (unpaired) electrons. The number of rotatable bonds is 0. The second kappa shape index (κ2) is 2.39. The van der Waals surface area contributed by atoms with E-state index in [1.807, 2.05) is 6.07 Å². The van der Waals surface area contributed by atoms with Gasteiger partial charge in [-0.1, -0.05) is 0 Å². The van der Waals surface area contributed by atoms with E-state index in [4.69, 9.17) is 5.11 Å². The normalized spacial score (nSPS) is 10.6. The summed E-state index contributed by atoms with van der Waals surface area (Å²) in [5, 5.41) is 9.08. The van der Waals surface area contributed by atoms with Crippen LogP contribution in [-0.2, 0) is 0 Å². The zero-order valence-electron chi connectivity index (χ0n) is 5.48. The fraction of sp³-hybridized carbons (Fsp3) is 0. The molecule has 2 aromatic rings. The molecule has 0 spiro atoms. The van der Waals surface area contributed by atoms with Crippen molar-refractivity contribution in [3.8, 4) is 5.75 Å². The summed E-state index contributed by atoms with van der Waals surface area (Å²) in [6.45, 7) is 0.